The van der Waals surface area contributed by atoms with Crippen molar-refractivity contribution < 1.29 is 18.3 Å². The number of thiophene rings is 1. The lowest BCUT2D eigenvalue weighted by Gasteiger charge is -2.22. The first kappa shape index (κ1) is 13.9. The SMILES string of the molecule is O=C(O)c1sccc1S(=O)(=O)NC1CCSCC1. The zero-order chi connectivity index (χ0) is 13.2. The van der Waals surface area contributed by atoms with Crippen LogP contribution in [-0.4, -0.2) is 37.0 Å². The summed E-state index contributed by atoms with van der Waals surface area (Å²) in [5.41, 5.74) is 0. The zero-order valence-corrected chi connectivity index (χ0v) is 11.9. The Labute approximate surface area is 114 Å². The molecule has 100 valence electrons. The second kappa shape index (κ2) is 5.60. The van der Waals surface area contributed by atoms with Crippen LogP contribution < -0.4 is 4.72 Å². The number of carboxylic acid groups (broad SMARTS) is 1. The second-order valence-electron chi connectivity index (χ2n) is 3.93. The molecule has 0 saturated carbocycles. The maximum Gasteiger partial charge on any atom is 0.347 e. The second-order valence-corrected chi connectivity index (χ2v) is 7.75. The van der Waals surface area contributed by atoms with Gasteiger partial charge in [0.25, 0.3) is 0 Å². The molecule has 0 radical (unpaired) electrons. The minimum atomic E-state index is -3.72. The maximum absolute atomic E-state index is 12.1. The van der Waals surface area contributed by atoms with E-state index in [1.165, 1.54) is 11.4 Å². The molecule has 1 aliphatic rings. The quantitative estimate of drug-likeness (QED) is 0.883. The Hall–Kier alpha value is -0.570. The Morgan fingerprint density at radius 2 is 2.06 bits per heavy atom. The molecule has 0 amide bonds. The molecule has 1 aromatic heterocycles. The maximum atomic E-state index is 12.1. The molecule has 18 heavy (non-hydrogen) atoms. The van der Waals surface area contributed by atoms with E-state index in [2.05, 4.69) is 4.72 Å². The largest absolute Gasteiger partial charge is 0.477 e. The van der Waals surface area contributed by atoms with Gasteiger partial charge in [-0.2, -0.15) is 11.8 Å². The zero-order valence-electron chi connectivity index (χ0n) is 9.46. The highest BCUT2D eigenvalue weighted by atomic mass is 32.2. The van der Waals surface area contributed by atoms with Gasteiger partial charge >= 0.3 is 5.97 Å². The summed E-state index contributed by atoms with van der Waals surface area (Å²) in [6, 6.07) is 1.26. The molecule has 0 atom stereocenters. The van der Waals surface area contributed by atoms with Crippen LogP contribution in [0.15, 0.2) is 16.3 Å². The van der Waals surface area contributed by atoms with Crippen molar-refractivity contribution in [2.75, 3.05) is 11.5 Å². The number of thioether (sulfide) groups is 1. The first-order chi connectivity index (χ1) is 8.50. The summed E-state index contributed by atoms with van der Waals surface area (Å²) < 4.78 is 26.8. The van der Waals surface area contributed by atoms with Crippen molar-refractivity contribution in [1.29, 1.82) is 0 Å². The summed E-state index contributed by atoms with van der Waals surface area (Å²) in [5, 5.41) is 10.4. The summed E-state index contributed by atoms with van der Waals surface area (Å²) >= 11 is 2.73. The third-order valence-electron chi connectivity index (χ3n) is 2.66. The van der Waals surface area contributed by atoms with Crippen molar-refractivity contribution in [1.82, 2.24) is 4.72 Å². The Balaban J connectivity index is 2.19. The van der Waals surface area contributed by atoms with Crippen molar-refractivity contribution >= 4 is 39.1 Å². The van der Waals surface area contributed by atoms with E-state index in [1.807, 2.05) is 0 Å². The molecule has 0 bridgehead atoms. The molecule has 2 rings (SSSR count). The van der Waals surface area contributed by atoms with Gasteiger partial charge in [0.15, 0.2) is 0 Å². The monoisotopic (exact) mass is 307 g/mol. The normalized spacial score (nSPS) is 17.8. The van der Waals surface area contributed by atoms with Gasteiger partial charge in [-0.3, -0.25) is 0 Å². The van der Waals surface area contributed by atoms with E-state index in [-0.39, 0.29) is 15.8 Å². The number of hydrogen-bond donors (Lipinski definition) is 2. The highest BCUT2D eigenvalue weighted by Crippen LogP contribution is 2.24. The van der Waals surface area contributed by atoms with E-state index >= 15 is 0 Å². The topological polar surface area (TPSA) is 83.5 Å². The Kier molecular flexibility index (Phi) is 4.31. The van der Waals surface area contributed by atoms with Gasteiger partial charge in [0.1, 0.15) is 9.77 Å². The highest BCUT2D eigenvalue weighted by Gasteiger charge is 2.27. The molecular weight excluding hydrogens is 294 g/mol. The van der Waals surface area contributed by atoms with Crippen molar-refractivity contribution in [3.05, 3.63) is 16.3 Å². The average Bonchev–Trinajstić information content (AvgIpc) is 2.79. The van der Waals surface area contributed by atoms with Gasteiger partial charge in [-0.15, -0.1) is 11.3 Å². The van der Waals surface area contributed by atoms with Crippen LogP contribution in [0, 0.1) is 0 Å². The minimum absolute atomic E-state index is 0.0854. The van der Waals surface area contributed by atoms with E-state index in [0.29, 0.717) is 0 Å². The summed E-state index contributed by atoms with van der Waals surface area (Å²) in [6.45, 7) is 0. The van der Waals surface area contributed by atoms with E-state index in [0.717, 1.165) is 35.7 Å². The lowest BCUT2D eigenvalue weighted by Crippen LogP contribution is -2.37. The van der Waals surface area contributed by atoms with Gasteiger partial charge in [-0.1, -0.05) is 0 Å². The molecule has 0 spiro atoms. The third-order valence-corrected chi connectivity index (χ3v) is 6.30. The van der Waals surface area contributed by atoms with E-state index in [4.69, 9.17) is 5.11 Å². The van der Waals surface area contributed by atoms with Gasteiger partial charge in [-0.25, -0.2) is 17.9 Å². The van der Waals surface area contributed by atoms with Crippen LogP contribution >= 0.6 is 23.1 Å². The molecular formula is C10H13NO4S3. The van der Waals surface area contributed by atoms with Crippen molar-refractivity contribution in [2.45, 2.75) is 23.8 Å². The van der Waals surface area contributed by atoms with Crippen LogP contribution in [0.1, 0.15) is 22.5 Å². The summed E-state index contributed by atoms with van der Waals surface area (Å²) in [4.78, 5) is 10.7. The molecule has 1 aliphatic heterocycles. The molecule has 0 aromatic carbocycles. The molecule has 2 N–H and O–H groups in total. The van der Waals surface area contributed by atoms with Crippen molar-refractivity contribution in [3.8, 4) is 0 Å². The first-order valence-electron chi connectivity index (χ1n) is 5.41. The number of carboxylic acids is 1. The number of nitrogens with one attached hydrogen (secondary N) is 1. The third kappa shape index (κ3) is 3.05. The van der Waals surface area contributed by atoms with Gasteiger partial charge in [0.2, 0.25) is 10.0 Å². The Morgan fingerprint density at radius 1 is 1.39 bits per heavy atom. The lowest BCUT2D eigenvalue weighted by atomic mass is 10.2. The van der Waals surface area contributed by atoms with Crippen LogP contribution in [-0.2, 0) is 10.0 Å². The van der Waals surface area contributed by atoms with Gasteiger partial charge < -0.3 is 5.11 Å². The lowest BCUT2D eigenvalue weighted by molar-refractivity contribution is 0.0698. The molecule has 0 unspecified atom stereocenters. The number of rotatable bonds is 4. The number of sulfonamides is 1. The van der Waals surface area contributed by atoms with Crippen LogP contribution in [0.3, 0.4) is 0 Å². The smallest absolute Gasteiger partial charge is 0.347 e. The molecule has 1 fully saturated rings. The van der Waals surface area contributed by atoms with Crippen molar-refractivity contribution in [3.63, 3.8) is 0 Å². The number of aromatic carboxylic acids is 1. The van der Waals surface area contributed by atoms with E-state index in [1.54, 1.807) is 11.8 Å². The average molecular weight is 307 g/mol. The first-order valence-corrected chi connectivity index (χ1v) is 8.93. The highest BCUT2D eigenvalue weighted by molar-refractivity contribution is 7.99. The molecule has 0 aliphatic carbocycles. The van der Waals surface area contributed by atoms with Gasteiger partial charge in [0, 0.05) is 6.04 Å². The number of hydrogen-bond acceptors (Lipinski definition) is 5. The summed E-state index contributed by atoms with van der Waals surface area (Å²) in [6.07, 6.45) is 1.58. The van der Waals surface area contributed by atoms with Gasteiger partial charge in [0.05, 0.1) is 0 Å². The van der Waals surface area contributed by atoms with E-state index < -0.39 is 16.0 Å². The van der Waals surface area contributed by atoms with Crippen LogP contribution in [0.4, 0.5) is 0 Å². The van der Waals surface area contributed by atoms with Gasteiger partial charge in [-0.05, 0) is 35.8 Å². The van der Waals surface area contributed by atoms with Crippen LogP contribution in [0.2, 0.25) is 0 Å². The Bertz CT molecular complexity index is 531. The standard InChI is InChI=1S/C10H13NO4S3/c12-10(13)9-8(3-6-17-9)18(14,15)11-7-1-4-16-5-2-7/h3,6-7,11H,1-2,4-5H2,(H,12,13). The summed E-state index contributed by atoms with van der Waals surface area (Å²) in [5.74, 6) is 0.662. The molecule has 8 heteroatoms. The fourth-order valence-electron chi connectivity index (χ4n) is 1.76. The molecule has 5 nitrogen and oxygen atoms in total. The van der Waals surface area contributed by atoms with E-state index in [9.17, 15) is 13.2 Å². The van der Waals surface area contributed by atoms with Crippen LogP contribution in [0.5, 0.6) is 0 Å². The molecule has 1 saturated heterocycles. The van der Waals surface area contributed by atoms with Crippen LogP contribution in [0.25, 0.3) is 0 Å². The summed E-state index contributed by atoms with van der Waals surface area (Å²) in [7, 11) is -3.72. The Morgan fingerprint density at radius 3 is 2.67 bits per heavy atom. The fraction of sp³-hybridized carbons (Fsp3) is 0.500. The number of carbonyl (C=O) groups is 1. The predicted octanol–water partition coefficient (Wildman–Crippen LogP) is 1.62. The predicted molar refractivity (Wildman–Crippen MR) is 71.9 cm³/mol. The van der Waals surface area contributed by atoms with Crippen molar-refractivity contribution in [2.24, 2.45) is 0 Å². The molecule has 2 heterocycles. The minimum Gasteiger partial charge on any atom is -0.477 e. The fourth-order valence-corrected chi connectivity index (χ4v) is 5.43. The molecule has 1 aromatic rings.